The van der Waals surface area contributed by atoms with Gasteiger partial charge in [-0.15, -0.1) is 0 Å². The predicted octanol–water partition coefficient (Wildman–Crippen LogP) is 13.8. The normalized spacial score (nSPS) is 12.0. The number of aliphatic hydroxyl groups excluding tert-OH is 5. The van der Waals surface area contributed by atoms with Crippen molar-refractivity contribution in [2.24, 2.45) is 11.3 Å². The Morgan fingerprint density at radius 2 is 0.671 bits per heavy atom. The number of rotatable bonds is 54. The van der Waals surface area contributed by atoms with Gasteiger partial charge in [0.05, 0.1) is 38.1 Å². The van der Waals surface area contributed by atoms with Crippen LogP contribution in [0.5, 0.6) is 23.0 Å². The van der Waals surface area contributed by atoms with E-state index >= 15 is 0 Å². The molecule has 36 heteroatoms. The molecule has 0 saturated carbocycles. The molecule has 794 valence electrons. The fourth-order valence-corrected chi connectivity index (χ4v) is 10.8. The van der Waals surface area contributed by atoms with E-state index < -0.39 is 78.1 Å². The lowest BCUT2D eigenvalue weighted by Crippen LogP contribution is -2.36. The van der Waals surface area contributed by atoms with E-state index in [1.165, 1.54) is 27.7 Å². The molecule has 1 fully saturated rings. The zero-order valence-electron chi connectivity index (χ0n) is 86.3. The Balaban J connectivity index is 0. The topological polar surface area (TPSA) is 487 Å². The molecule has 1 saturated heterocycles. The van der Waals surface area contributed by atoms with Crippen LogP contribution in [0.3, 0.4) is 0 Å². The van der Waals surface area contributed by atoms with Crippen molar-refractivity contribution in [1.29, 1.82) is 0 Å². The Hall–Kier alpha value is -13.5. The lowest BCUT2D eigenvalue weighted by atomic mass is 9.78. The number of ether oxygens (including phenoxy) is 17. The largest absolute Gasteiger partial charge is 0.491 e. The van der Waals surface area contributed by atoms with Gasteiger partial charge in [-0.25, -0.2) is 57.5 Å². The summed E-state index contributed by atoms with van der Waals surface area (Å²) in [6.07, 6.45) is 1.11. The quantitative estimate of drug-likeness (QED) is 0.00934. The second kappa shape index (κ2) is 73.6. The first-order valence-corrected chi connectivity index (χ1v) is 46.0. The van der Waals surface area contributed by atoms with Gasteiger partial charge < -0.3 is 117 Å². The molecule has 4 aromatic carbocycles. The summed E-state index contributed by atoms with van der Waals surface area (Å²) in [4.78, 5) is 134. The number of carbonyl (C=O) groups is 12. The van der Waals surface area contributed by atoms with E-state index in [1.807, 2.05) is 111 Å². The molecule has 5 rings (SSSR count). The van der Waals surface area contributed by atoms with Gasteiger partial charge >= 0.3 is 71.9 Å². The number of hydrogen-bond acceptors (Lipinski definition) is 34. The summed E-state index contributed by atoms with van der Waals surface area (Å²) < 4.78 is 85.8. The van der Waals surface area contributed by atoms with Gasteiger partial charge in [-0.1, -0.05) is 163 Å². The molecule has 4 unspecified atom stereocenters. The molecule has 0 aromatic heterocycles. The monoisotopic (exact) mass is 2010 g/mol. The van der Waals surface area contributed by atoms with Crippen LogP contribution >= 0.6 is 0 Å². The van der Waals surface area contributed by atoms with Crippen LogP contribution < -0.4 is 29.6 Å². The molecular weight excluding hydrogens is 1860 g/mol. The van der Waals surface area contributed by atoms with E-state index in [0.29, 0.717) is 83.6 Å². The Labute approximate surface area is 841 Å². The van der Waals surface area contributed by atoms with Crippen LogP contribution in [-0.4, -0.2) is 261 Å². The summed E-state index contributed by atoms with van der Waals surface area (Å²) in [6, 6.07) is 30.8. The van der Waals surface area contributed by atoms with Crippen LogP contribution in [-0.2, 0) is 120 Å². The van der Waals surface area contributed by atoms with Crippen molar-refractivity contribution in [3.8, 4) is 23.0 Å². The van der Waals surface area contributed by atoms with Crippen LogP contribution in [0.2, 0.25) is 0 Å². The minimum absolute atomic E-state index is 0.0152. The summed E-state index contributed by atoms with van der Waals surface area (Å²) >= 11 is 0. The highest BCUT2D eigenvalue weighted by Crippen LogP contribution is 2.36. The van der Waals surface area contributed by atoms with Gasteiger partial charge in [0.2, 0.25) is 0 Å². The van der Waals surface area contributed by atoms with E-state index in [1.54, 1.807) is 41.5 Å². The highest BCUT2D eigenvalue weighted by molar-refractivity contribution is 5.91. The third-order valence-corrected chi connectivity index (χ3v) is 19.0. The summed E-state index contributed by atoms with van der Waals surface area (Å²) in [5, 5.41) is 50.1. The van der Waals surface area contributed by atoms with Gasteiger partial charge in [0.1, 0.15) is 128 Å². The number of amides is 2. The van der Waals surface area contributed by atoms with Crippen LogP contribution in [0, 0.1) is 11.3 Å². The lowest BCUT2D eigenvalue weighted by molar-refractivity contribution is -0.143. The van der Waals surface area contributed by atoms with Crippen molar-refractivity contribution in [1.82, 2.24) is 10.6 Å². The zero-order valence-corrected chi connectivity index (χ0v) is 86.3. The number of alkyl carbamates (subject to hydrolysis) is 2. The second-order valence-corrected chi connectivity index (χ2v) is 34.3. The molecule has 0 radical (unpaired) electrons. The van der Waals surface area contributed by atoms with Crippen LogP contribution in [0.4, 0.5) is 9.59 Å². The molecule has 0 bridgehead atoms. The second-order valence-electron chi connectivity index (χ2n) is 34.3. The first-order chi connectivity index (χ1) is 67.1. The number of esters is 10. The van der Waals surface area contributed by atoms with Crippen molar-refractivity contribution in [3.05, 3.63) is 241 Å². The summed E-state index contributed by atoms with van der Waals surface area (Å²) in [5.41, 5.74) is 6.73. The third-order valence-electron chi connectivity index (χ3n) is 19.0. The summed E-state index contributed by atoms with van der Waals surface area (Å²) in [6.45, 7) is 67.5. The van der Waals surface area contributed by atoms with Crippen molar-refractivity contribution >= 4 is 71.9 Å². The predicted molar refractivity (Wildman–Crippen MR) is 537 cm³/mol. The average molecular weight is 2010 g/mol. The van der Waals surface area contributed by atoms with Gasteiger partial charge in [0.25, 0.3) is 0 Å². The Kier molecular flexibility index (Phi) is 67.7. The van der Waals surface area contributed by atoms with E-state index in [9.17, 15) is 67.7 Å². The van der Waals surface area contributed by atoms with E-state index in [4.69, 9.17) is 81.6 Å². The Morgan fingerprint density at radius 3 is 0.979 bits per heavy atom. The molecule has 36 nitrogen and oxygen atoms in total. The van der Waals surface area contributed by atoms with Gasteiger partial charge in [-0.05, 0) is 177 Å². The fraction of sp³-hybridized carbons (Fsp3) is 0.477. The maximum Gasteiger partial charge on any atom is 0.407 e. The standard InChI is InChI=1S/C29H36O8.C27H32O6.C23H38N2O8.C9H14O3.C7H12O3.2C6H10O3/c1-19(2)27(32)36-17-23(30)15-34-25-11-7-21(8-12-25)29(5,6)22-9-13-26(14-10-22)35-16-24(31)18-37-28(33)20(3)4;1-19(2)25(28)32-17-15-30-23-11-7-21(8-12-23)27(5,6)22-9-13-24(14-10-22)31-16-18-33-26(29)20(3)4;1-16(2)19(26)30-10-12-32-21(28)24-9-8-18(5)14-23(6,7)15-25-22(29)33-13-11-31-20(27)17(3)4;1-7(2)9(10)12-6-8-4-3-5-11-8;1-6(2)7(9)10-5-3-4-8;1-5(2)6(8)9-4-3-7;1-3-9-6(8)5(2)4-7/h7-14,23-24,30-31H,1,3,15-18H2,2,4-6H3;7-14H,1,3,15-18H2,2,4-6H3;18H,1,3,8-15H2,2,4-7H3,(H,24,28)(H,25,29);8H,1,3-6H2,2H3;8H,1,3-5H2,2H3;7H,1,3-4H2,2H3;7H,2-4H2,1H3. The fourth-order valence-electron chi connectivity index (χ4n) is 10.8. The van der Waals surface area contributed by atoms with Crippen LogP contribution in [0.15, 0.2) is 219 Å². The number of hydrogen-bond donors (Lipinski definition) is 7. The van der Waals surface area contributed by atoms with Gasteiger partial charge in [0.15, 0.2) is 0 Å². The van der Waals surface area contributed by atoms with Gasteiger partial charge in [-0.3, -0.25) is 0 Å². The van der Waals surface area contributed by atoms with Crippen LogP contribution in [0.1, 0.15) is 172 Å². The first kappa shape index (κ1) is 132. The Bertz CT molecular complexity index is 4560. The van der Waals surface area contributed by atoms with Crippen molar-refractivity contribution in [3.63, 3.8) is 0 Å². The smallest absolute Gasteiger partial charge is 0.407 e. The zero-order chi connectivity index (χ0) is 109. The maximum atomic E-state index is 11.8. The Morgan fingerprint density at radius 1 is 0.371 bits per heavy atom. The lowest BCUT2D eigenvalue weighted by Gasteiger charge is -2.28. The molecular formula is C107H152N2O34. The van der Waals surface area contributed by atoms with E-state index in [-0.39, 0.29) is 174 Å². The molecule has 7 N–H and O–H groups in total. The molecule has 1 heterocycles. The minimum Gasteiger partial charge on any atom is -0.491 e. The first-order valence-electron chi connectivity index (χ1n) is 46.0. The van der Waals surface area contributed by atoms with Crippen molar-refractivity contribution in [2.75, 3.05) is 145 Å². The number of aliphatic hydroxyl groups is 5. The molecule has 0 aliphatic carbocycles. The molecule has 0 spiro atoms. The molecule has 1 aliphatic heterocycles. The highest BCUT2D eigenvalue weighted by Gasteiger charge is 2.28. The summed E-state index contributed by atoms with van der Waals surface area (Å²) in [7, 11) is 0. The molecule has 4 atom stereocenters. The number of benzene rings is 4. The van der Waals surface area contributed by atoms with E-state index in [0.717, 1.165) is 54.5 Å². The molecule has 4 aromatic rings. The highest BCUT2D eigenvalue weighted by atomic mass is 16.6. The molecule has 2 amide bonds. The summed E-state index contributed by atoms with van der Waals surface area (Å²) in [5.74, 6) is -1.84. The van der Waals surface area contributed by atoms with Crippen molar-refractivity contribution in [2.45, 2.75) is 179 Å². The van der Waals surface area contributed by atoms with E-state index in [2.05, 4.69) is 125 Å². The third kappa shape index (κ3) is 62.4. The number of carbonyl (C=O) groups excluding carboxylic acids is 12. The van der Waals surface area contributed by atoms with Crippen molar-refractivity contribution < 1.29 is 164 Å². The average Bonchev–Trinajstić information content (AvgIpc) is 0.909. The molecule has 143 heavy (non-hydrogen) atoms. The van der Waals surface area contributed by atoms with Gasteiger partial charge in [0, 0.05) is 93.7 Å². The number of nitrogens with one attached hydrogen (secondary N) is 2. The maximum absolute atomic E-state index is 11.8. The minimum atomic E-state index is -0.951. The van der Waals surface area contributed by atoms with Crippen LogP contribution in [0.25, 0.3) is 0 Å². The SMILES string of the molecule is C=C(C)C(=O)OCC(O)COc1ccc(C(C)(C)c2ccc(OCC(O)COC(=O)C(=C)C)cc2)cc1.C=C(C)C(=O)OCC1CCCO1.C=C(C)C(=O)OCCCO.C=C(C)C(=O)OCCO.C=C(C)C(=O)OCCOC(=O)NCCC(C)CC(C)(C)CNC(=O)OCCOC(=O)C(=C)C.C=C(C)C(=O)OCCOc1ccc(C(C)(C)c2ccc(OCCOC(=O)C(=C)C)cc2)cc1.C=C(CO)C(=O)OCC. The van der Waals surface area contributed by atoms with Gasteiger partial charge in [-0.2, -0.15) is 0 Å². The molecule has 1 aliphatic rings.